The molecule has 0 aromatic heterocycles. The maximum absolute atomic E-state index is 2.34. The van der Waals surface area contributed by atoms with Gasteiger partial charge in [0.25, 0.3) is 0 Å². The summed E-state index contributed by atoms with van der Waals surface area (Å²) in [6.45, 7) is 2.12. The standard InChI is InChI=1S/C15H14/c1-2-11-9-10-13-6-3-5-12-7-4-8-14(11)15(12)13/h2-6,8-10,14H,7H2,1H3. The summed E-state index contributed by atoms with van der Waals surface area (Å²) in [5, 5.41) is 0. The van der Waals surface area contributed by atoms with E-state index in [0.29, 0.717) is 5.92 Å². The maximum atomic E-state index is 2.34. The van der Waals surface area contributed by atoms with Crippen molar-refractivity contribution in [2.24, 2.45) is 0 Å². The normalized spacial score (nSPS) is 24.3. The van der Waals surface area contributed by atoms with Crippen LogP contribution in [-0.4, -0.2) is 0 Å². The van der Waals surface area contributed by atoms with Gasteiger partial charge in [-0.3, -0.25) is 0 Å². The van der Waals surface area contributed by atoms with Crippen molar-refractivity contribution in [1.29, 1.82) is 0 Å². The van der Waals surface area contributed by atoms with Gasteiger partial charge >= 0.3 is 0 Å². The van der Waals surface area contributed by atoms with Gasteiger partial charge in [-0.2, -0.15) is 0 Å². The molecule has 1 aromatic carbocycles. The SMILES string of the molecule is CC=C1C=Cc2cccc3c2C1C=CC3. The topological polar surface area (TPSA) is 0 Å². The fourth-order valence-corrected chi connectivity index (χ4v) is 2.61. The Bertz CT molecular complexity index is 487. The van der Waals surface area contributed by atoms with Crippen LogP contribution in [0.1, 0.15) is 29.5 Å². The van der Waals surface area contributed by atoms with Crippen molar-refractivity contribution in [3.05, 3.63) is 64.8 Å². The largest absolute Gasteiger partial charge is 0.0835 e. The van der Waals surface area contributed by atoms with Crippen molar-refractivity contribution < 1.29 is 0 Å². The van der Waals surface area contributed by atoms with E-state index < -0.39 is 0 Å². The van der Waals surface area contributed by atoms with Crippen molar-refractivity contribution in [3.63, 3.8) is 0 Å². The van der Waals surface area contributed by atoms with E-state index in [1.807, 2.05) is 0 Å². The first-order valence-corrected chi connectivity index (χ1v) is 5.53. The van der Waals surface area contributed by atoms with Gasteiger partial charge in [-0.25, -0.2) is 0 Å². The number of allylic oxidation sites excluding steroid dienone is 5. The van der Waals surface area contributed by atoms with Crippen LogP contribution in [0.15, 0.2) is 48.1 Å². The predicted octanol–water partition coefficient (Wildman–Crippen LogP) is 3.86. The Morgan fingerprint density at radius 1 is 1.27 bits per heavy atom. The second kappa shape index (κ2) is 3.23. The van der Waals surface area contributed by atoms with Crippen molar-refractivity contribution >= 4 is 6.08 Å². The molecule has 3 rings (SSSR count). The fourth-order valence-electron chi connectivity index (χ4n) is 2.61. The quantitative estimate of drug-likeness (QED) is 0.550. The zero-order valence-corrected chi connectivity index (χ0v) is 8.90. The van der Waals surface area contributed by atoms with Crippen molar-refractivity contribution in [1.82, 2.24) is 0 Å². The molecule has 0 saturated heterocycles. The first kappa shape index (κ1) is 8.72. The highest BCUT2D eigenvalue weighted by Gasteiger charge is 2.22. The second-order valence-electron chi connectivity index (χ2n) is 4.15. The number of benzene rings is 1. The Morgan fingerprint density at radius 3 is 3.07 bits per heavy atom. The molecule has 1 unspecified atom stereocenters. The molecule has 0 heteroatoms. The zero-order chi connectivity index (χ0) is 10.3. The van der Waals surface area contributed by atoms with Gasteiger partial charge < -0.3 is 0 Å². The Balaban J connectivity index is 2.28. The first-order chi connectivity index (χ1) is 7.40. The van der Waals surface area contributed by atoms with Crippen molar-refractivity contribution in [3.8, 4) is 0 Å². The van der Waals surface area contributed by atoms with Crippen LogP contribution in [-0.2, 0) is 6.42 Å². The van der Waals surface area contributed by atoms with Crippen LogP contribution < -0.4 is 0 Å². The van der Waals surface area contributed by atoms with Crippen LogP contribution in [0.25, 0.3) is 6.08 Å². The van der Waals surface area contributed by atoms with E-state index in [0.717, 1.165) is 6.42 Å². The number of hydrogen-bond acceptors (Lipinski definition) is 0. The summed E-state index contributed by atoms with van der Waals surface area (Å²) >= 11 is 0. The van der Waals surface area contributed by atoms with E-state index in [1.165, 1.54) is 22.3 Å². The molecule has 0 bridgehead atoms. The third-order valence-corrected chi connectivity index (χ3v) is 3.36. The van der Waals surface area contributed by atoms with E-state index in [-0.39, 0.29) is 0 Å². The molecular weight excluding hydrogens is 180 g/mol. The van der Waals surface area contributed by atoms with E-state index in [1.54, 1.807) is 0 Å². The minimum Gasteiger partial charge on any atom is -0.0835 e. The van der Waals surface area contributed by atoms with Gasteiger partial charge in [0.2, 0.25) is 0 Å². The summed E-state index contributed by atoms with van der Waals surface area (Å²) in [6.07, 6.45) is 12.4. The molecule has 2 aliphatic carbocycles. The Hall–Kier alpha value is -1.56. The Labute approximate surface area is 90.6 Å². The van der Waals surface area contributed by atoms with Crippen LogP contribution in [0.2, 0.25) is 0 Å². The molecule has 74 valence electrons. The molecule has 0 fully saturated rings. The smallest absolute Gasteiger partial charge is 0.0275 e. The van der Waals surface area contributed by atoms with E-state index in [4.69, 9.17) is 0 Å². The minimum atomic E-state index is 0.500. The summed E-state index contributed by atoms with van der Waals surface area (Å²) in [7, 11) is 0. The molecule has 15 heavy (non-hydrogen) atoms. The van der Waals surface area contributed by atoms with Gasteiger partial charge in [-0.1, -0.05) is 48.6 Å². The molecule has 0 N–H and O–H groups in total. The highest BCUT2D eigenvalue weighted by Crippen LogP contribution is 2.39. The van der Waals surface area contributed by atoms with Gasteiger partial charge in [0.1, 0.15) is 0 Å². The van der Waals surface area contributed by atoms with E-state index in [2.05, 4.69) is 55.5 Å². The van der Waals surface area contributed by atoms with Crippen molar-refractivity contribution in [2.75, 3.05) is 0 Å². The summed E-state index contributed by atoms with van der Waals surface area (Å²) in [4.78, 5) is 0. The van der Waals surface area contributed by atoms with Gasteiger partial charge in [-0.15, -0.1) is 0 Å². The summed E-state index contributed by atoms with van der Waals surface area (Å²) < 4.78 is 0. The van der Waals surface area contributed by atoms with E-state index in [9.17, 15) is 0 Å². The van der Waals surface area contributed by atoms with Gasteiger partial charge in [0, 0.05) is 5.92 Å². The lowest BCUT2D eigenvalue weighted by molar-refractivity contribution is 0.938. The summed E-state index contributed by atoms with van der Waals surface area (Å²) in [6, 6.07) is 6.63. The molecule has 0 amide bonds. The fraction of sp³-hybridized carbons (Fsp3) is 0.200. The second-order valence-corrected chi connectivity index (χ2v) is 4.15. The predicted molar refractivity (Wildman–Crippen MR) is 64.8 cm³/mol. The molecule has 0 nitrogen and oxygen atoms in total. The molecule has 2 aliphatic rings. The average molecular weight is 194 g/mol. The maximum Gasteiger partial charge on any atom is 0.0275 e. The monoisotopic (exact) mass is 194 g/mol. The van der Waals surface area contributed by atoms with Gasteiger partial charge in [-0.05, 0) is 35.6 Å². The summed E-state index contributed by atoms with van der Waals surface area (Å²) in [5.74, 6) is 0.500. The van der Waals surface area contributed by atoms with Crippen LogP contribution in [0.3, 0.4) is 0 Å². The first-order valence-electron chi connectivity index (χ1n) is 5.53. The highest BCUT2D eigenvalue weighted by molar-refractivity contribution is 5.68. The molecular formula is C15H14. The zero-order valence-electron chi connectivity index (χ0n) is 8.90. The molecule has 1 aromatic rings. The molecule has 0 radical (unpaired) electrons. The van der Waals surface area contributed by atoms with Crippen LogP contribution in [0.5, 0.6) is 0 Å². The lowest BCUT2D eigenvalue weighted by atomic mass is 9.77. The van der Waals surface area contributed by atoms with E-state index >= 15 is 0 Å². The molecule has 1 atom stereocenters. The van der Waals surface area contributed by atoms with Crippen LogP contribution >= 0.6 is 0 Å². The highest BCUT2D eigenvalue weighted by atomic mass is 14.3. The van der Waals surface area contributed by atoms with Crippen LogP contribution in [0, 0.1) is 0 Å². The molecule has 0 spiro atoms. The Morgan fingerprint density at radius 2 is 2.20 bits per heavy atom. The van der Waals surface area contributed by atoms with Crippen LogP contribution in [0.4, 0.5) is 0 Å². The lowest BCUT2D eigenvalue weighted by Crippen LogP contribution is -2.11. The number of rotatable bonds is 0. The van der Waals surface area contributed by atoms with Gasteiger partial charge in [0.05, 0.1) is 0 Å². The van der Waals surface area contributed by atoms with Gasteiger partial charge in [0.15, 0.2) is 0 Å². The summed E-state index contributed by atoms with van der Waals surface area (Å²) in [5.41, 5.74) is 5.83. The minimum absolute atomic E-state index is 0.500. The lowest BCUT2D eigenvalue weighted by Gasteiger charge is -2.27. The molecule has 0 heterocycles. The third kappa shape index (κ3) is 1.21. The van der Waals surface area contributed by atoms with Crippen molar-refractivity contribution in [2.45, 2.75) is 19.3 Å². The number of hydrogen-bond donors (Lipinski definition) is 0. The third-order valence-electron chi connectivity index (χ3n) is 3.36. The molecule has 0 saturated carbocycles. The molecule has 0 aliphatic heterocycles. The Kier molecular flexibility index (Phi) is 1.88. The average Bonchev–Trinajstić information content (AvgIpc) is 2.30.